The fraction of sp³-hybridized carbons (Fsp3) is 0.381. The van der Waals surface area contributed by atoms with Crippen LogP contribution in [0.5, 0.6) is 0 Å². The van der Waals surface area contributed by atoms with Crippen LogP contribution in [0.25, 0.3) is 0 Å². The maximum atomic E-state index is 13.2. The number of carbonyl (C=O) groups excluding carboxylic acids is 1. The second-order valence-electron chi connectivity index (χ2n) is 7.43. The van der Waals surface area contributed by atoms with Gasteiger partial charge in [-0.3, -0.25) is 4.79 Å². The first-order valence-electron chi connectivity index (χ1n) is 9.83. The minimum atomic E-state index is -3.55. The molecular weight excluding hydrogens is 393 g/mol. The molecule has 1 aliphatic carbocycles. The molecule has 1 heterocycles. The van der Waals surface area contributed by atoms with Crippen LogP contribution in [0.1, 0.15) is 17.5 Å². The van der Waals surface area contributed by atoms with Gasteiger partial charge in [0, 0.05) is 31.9 Å². The molecule has 2 aliphatic rings. The lowest BCUT2D eigenvalue weighted by Crippen LogP contribution is -2.51. The van der Waals surface area contributed by atoms with Crippen LogP contribution in [-0.2, 0) is 27.7 Å². The van der Waals surface area contributed by atoms with Crippen molar-refractivity contribution in [2.24, 2.45) is 0 Å². The molecule has 1 amide bonds. The molecule has 1 saturated heterocycles. The summed E-state index contributed by atoms with van der Waals surface area (Å²) in [6, 6.07) is 11.4. The second-order valence-corrected chi connectivity index (χ2v) is 9.37. The molecule has 1 N–H and O–H groups in total. The zero-order valence-electron chi connectivity index (χ0n) is 16.1. The molecule has 29 heavy (non-hydrogen) atoms. The van der Waals surface area contributed by atoms with Crippen LogP contribution in [0.4, 0.5) is 10.1 Å². The van der Waals surface area contributed by atoms with E-state index in [1.807, 2.05) is 6.07 Å². The van der Waals surface area contributed by atoms with Crippen LogP contribution in [0.15, 0.2) is 47.4 Å². The van der Waals surface area contributed by atoms with E-state index in [2.05, 4.69) is 5.32 Å². The third-order valence-electron chi connectivity index (χ3n) is 5.57. The average Bonchev–Trinajstić information content (AvgIpc) is 3.20. The zero-order chi connectivity index (χ0) is 20.4. The van der Waals surface area contributed by atoms with Gasteiger partial charge in [0.2, 0.25) is 15.9 Å². The number of hydrogen-bond acceptors (Lipinski definition) is 4. The van der Waals surface area contributed by atoms with Crippen molar-refractivity contribution >= 4 is 21.6 Å². The number of fused-ring (bicyclic) bond motifs is 1. The lowest BCUT2D eigenvalue weighted by atomic mass is 10.1. The third-order valence-corrected chi connectivity index (χ3v) is 7.46. The maximum Gasteiger partial charge on any atom is 0.243 e. The van der Waals surface area contributed by atoms with E-state index in [-0.39, 0.29) is 31.4 Å². The van der Waals surface area contributed by atoms with Gasteiger partial charge in [0.15, 0.2) is 0 Å². The van der Waals surface area contributed by atoms with Gasteiger partial charge >= 0.3 is 0 Å². The zero-order valence-corrected chi connectivity index (χ0v) is 16.9. The summed E-state index contributed by atoms with van der Waals surface area (Å²) in [4.78, 5) is 14.4. The highest BCUT2D eigenvalue weighted by Gasteiger charge is 2.30. The van der Waals surface area contributed by atoms with Crippen LogP contribution < -0.4 is 5.32 Å². The van der Waals surface area contributed by atoms with Crippen molar-refractivity contribution in [2.75, 3.05) is 38.0 Å². The summed E-state index contributed by atoms with van der Waals surface area (Å²) in [5.41, 5.74) is 2.91. The van der Waals surface area contributed by atoms with Gasteiger partial charge in [0.1, 0.15) is 5.82 Å². The molecule has 0 spiro atoms. The fourth-order valence-corrected chi connectivity index (χ4v) is 5.40. The Morgan fingerprint density at radius 1 is 1.00 bits per heavy atom. The average molecular weight is 418 g/mol. The smallest absolute Gasteiger partial charge is 0.243 e. The number of piperazine rings is 1. The minimum Gasteiger partial charge on any atom is -0.376 e. The Kier molecular flexibility index (Phi) is 5.56. The molecule has 0 atom stereocenters. The molecule has 0 bridgehead atoms. The highest BCUT2D eigenvalue weighted by atomic mass is 32.2. The summed E-state index contributed by atoms with van der Waals surface area (Å²) >= 11 is 0. The molecule has 4 rings (SSSR count). The third kappa shape index (κ3) is 4.28. The van der Waals surface area contributed by atoms with E-state index < -0.39 is 10.0 Å². The van der Waals surface area contributed by atoms with E-state index in [1.54, 1.807) is 29.2 Å². The van der Waals surface area contributed by atoms with E-state index in [0.717, 1.165) is 24.8 Å². The minimum absolute atomic E-state index is 0.0427. The van der Waals surface area contributed by atoms with Crippen LogP contribution in [0.3, 0.4) is 0 Å². The van der Waals surface area contributed by atoms with Crippen molar-refractivity contribution in [3.8, 4) is 0 Å². The number of benzene rings is 2. The lowest BCUT2D eigenvalue weighted by molar-refractivity contribution is -0.130. The monoisotopic (exact) mass is 417 g/mol. The molecule has 154 valence electrons. The quantitative estimate of drug-likeness (QED) is 0.810. The van der Waals surface area contributed by atoms with Crippen molar-refractivity contribution < 1.29 is 17.6 Å². The Morgan fingerprint density at radius 2 is 1.76 bits per heavy atom. The van der Waals surface area contributed by atoms with Gasteiger partial charge in [-0.2, -0.15) is 4.31 Å². The van der Waals surface area contributed by atoms with Crippen molar-refractivity contribution in [2.45, 2.75) is 24.2 Å². The van der Waals surface area contributed by atoms with Gasteiger partial charge in [-0.05, 0) is 60.7 Å². The number of halogens is 1. The van der Waals surface area contributed by atoms with Gasteiger partial charge < -0.3 is 10.2 Å². The molecular formula is C21H24FN3O3S. The highest BCUT2D eigenvalue weighted by molar-refractivity contribution is 7.89. The Morgan fingerprint density at radius 3 is 2.52 bits per heavy atom. The first kappa shape index (κ1) is 19.8. The summed E-state index contributed by atoms with van der Waals surface area (Å²) in [6.45, 7) is 1.26. The second kappa shape index (κ2) is 8.12. The molecule has 2 aromatic rings. The summed E-state index contributed by atoms with van der Waals surface area (Å²) in [6.07, 6.45) is 3.02. The molecule has 1 fully saturated rings. The molecule has 0 saturated carbocycles. The van der Waals surface area contributed by atoms with Crippen molar-refractivity contribution in [3.63, 3.8) is 0 Å². The molecule has 0 unspecified atom stereocenters. The van der Waals surface area contributed by atoms with E-state index >= 15 is 0 Å². The standard InChI is InChI=1S/C21H24FN3O3S/c22-18-5-2-6-19(14-18)23-15-21(26)24-9-11-25(12-10-24)29(27,28)20-8-7-16-3-1-4-17(16)13-20/h2,5-8,13-14,23H,1,3-4,9-12,15H2. The van der Waals surface area contributed by atoms with Gasteiger partial charge in [-0.1, -0.05) is 12.1 Å². The van der Waals surface area contributed by atoms with Crippen LogP contribution in [-0.4, -0.2) is 56.3 Å². The summed E-state index contributed by atoms with van der Waals surface area (Å²) in [5, 5.41) is 2.91. The molecule has 8 heteroatoms. The van der Waals surface area contributed by atoms with E-state index in [1.165, 1.54) is 22.0 Å². The normalized spacial score (nSPS) is 17.2. The van der Waals surface area contributed by atoms with Gasteiger partial charge in [-0.15, -0.1) is 0 Å². The maximum absolute atomic E-state index is 13.2. The Bertz CT molecular complexity index is 1020. The number of nitrogens with one attached hydrogen (secondary N) is 1. The molecule has 1 aliphatic heterocycles. The van der Waals surface area contributed by atoms with Crippen LogP contribution in [0, 0.1) is 5.82 Å². The number of carbonyl (C=O) groups is 1. The number of amides is 1. The predicted octanol–water partition coefficient (Wildman–Crippen LogP) is 2.26. The van der Waals surface area contributed by atoms with Crippen molar-refractivity contribution in [1.82, 2.24) is 9.21 Å². The first-order chi connectivity index (χ1) is 13.9. The number of hydrogen-bond donors (Lipinski definition) is 1. The van der Waals surface area contributed by atoms with Gasteiger partial charge in [0.05, 0.1) is 11.4 Å². The summed E-state index contributed by atoms with van der Waals surface area (Å²) in [7, 11) is -3.55. The largest absolute Gasteiger partial charge is 0.376 e. The van der Waals surface area contributed by atoms with E-state index in [0.29, 0.717) is 23.7 Å². The van der Waals surface area contributed by atoms with Crippen molar-refractivity contribution in [3.05, 3.63) is 59.4 Å². The highest BCUT2D eigenvalue weighted by Crippen LogP contribution is 2.26. The molecule has 0 aromatic heterocycles. The molecule has 6 nitrogen and oxygen atoms in total. The Balaban J connectivity index is 1.34. The number of rotatable bonds is 5. The summed E-state index contributed by atoms with van der Waals surface area (Å²) < 4.78 is 40.6. The number of aryl methyl sites for hydroxylation is 2. The summed E-state index contributed by atoms with van der Waals surface area (Å²) in [5.74, 6) is -0.503. The molecule has 0 radical (unpaired) electrons. The van der Waals surface area contributed by atoms with Gasteiger partial charge in [-0.25, -0.2) is 12.8 Å². The van der Waals surface area contributed by atoms with E-state index in [9.17, 15) is 17.6 Å². The number of anilines is 1. The number of sulfonamides is 1. The number of nitrogens with zero attached hydrogens (tertiary/aromatic N) is 2. The SMILES string of the molecule is O=C(CNc1cccc(F)c1)N1CCN(S(=O)(=O)c2ccc3c(c2)CCC3)CC1. The molecule has 2 aromatic carbocycles. The van der Waals surface area contributed by atoms with Crippen LogP contribution >= 0.6 is 0 Å². The van der Waals surface area contributed by atoms with Crippen LogP contribution in [0.2, 0.25) is 0 Å². The Hall–Kier alpha value is -2.45. The fourth-order valence-electron chi connectivity index (χ4n) is 3.92. The lowest BCUT2D eigenvalue weighted by Gasteiger charge is -2.34. The van der Waals surface area contributed by atoms with Crippen molar-refractivity contribution in [1.29, 1.82) is 0 Å². The predicted molar refractivity (Wildman–Crippen MR) is 109 cm³/mol. The van der Waals surface area contributed by atoms with Gasteiger partial charge in [0.25, 0.3) is 0 Å². The first-order valence-corrected chi connectivity index (χ1v) is 11.3. The topological polar surface area (TPSA) is 69.7 Å². The van der Waals surface area contributed by atoms with E-state index in [4.69, 9.17) is 0 Å². The Labute approximate surface area is 170 Å².